The Bertz CT molecular complexity index is 1550. The van der Waals surface area contributed by atoms with Crippen LogP contribution in [0.2, 0.25) is 0 Å². The van der Waals surface area contributed by atoms with Crippen molar-refractivity contribution < 1.29 is 24.1 Å². The molecular weight excluding hydrogens is 566 g/mol. The normalized spacial score (nSPS) is 21.9. The number of methoxy groups -OCH3 is 1. The third-order valence-corrected chi connectivity index (χ3v) is 8.71. The summed E-state index contributed by atoms with van der Waals surface area (Å²) in [6.45, 7) is 3.03. The van der Waals surface area contributed by atoms with Gasteiger partial charge < -0.3 is 24.6 Å². The van der Waals surface area contributed by atoms with Crippen LogP contribution in [0.3, 0.4) is 0 Å². The second-order valence-electron chi connectivity index (χ2n) is 11.8. The Morgan fingerprint density at radius 1 is 0.978 bits per heavy atom. The van der Waals surface area contributed by atoms with Gasteiger partial charge in [0.2, 0.25) is 0 Å². The number of likely N-dealkylation sites (tertiary alicyclic amines) is 1. The number of carbonyl (C=O) groups is 1. The molecule has 2 N–H and O–H groups in total. The van der Waals surface area contributed by atoms with Crippen LogP contribution in [0.5, 0.6) is 0 Å². The zero-order valence-electron chi connectivity index (χ0n) is 25.7. The SMILES string of the molecule is COCC1CCCN1CC1CC(c2ccc(CO)cc2)OC(c2cccc(-c3cccc(CNC(=O)c4cccnc4)c3)c2)O1. The molecule has 234 valence electrons. The van der Waals surface area contributed by atoms with Crippen LogP contribution in [0.1, 0.15) is 64.3 Å². The highest BCUT2D eigenvalue weighted by Gasteiger charge is 2.35. The molecule has 2 aliphatic rings. The van der Waals surface area contributed by atoms with Crippen LogP contribution in [0.15, 0.2) is 97.3 Å². The topological polar surface area (TPSA) is 93.2 Å². The standard InChI is InChI=1S/C37H41N3O5/c1-43-25-33-11-5-17-40(33)23-34-20-35(28-14-12-26(24-41)13-15-28)45-37(44-34)31-9-3-8-30(19-31)29-7-2-6-27(18-29)21-39-36(42)32-10-4-16-38-22-32/h2-4,6-10,12-16,18-19,22,33-35,37,41H,5,11,17,20-21,23-25H2,1H3,(H,39,42). The van der Waals surface area contributed by atoms with Gasteiger partial charge >= 0.3 is 0 Å². The number of carbonyl (C=O) groups excluding carboxylic acids is 1. The van der Waals surface area contributed by atoms with Gasteiger partial charge in [-0.25, -0.2) is 0 Å². The van der Waals surface area contributed by atoms with Crippen LogP contribution in [0.4, 0.5) is 0 Å². The summed E-state index contributed by atoms with van der Waals surface area (Å²) in [5, 5.41) is 12.5. The average Bonchev–Trinajstić information content (AvgIpc) is 3.54. The fraction of sp³-hybridized carbons (Fsp3) is 0.351. The summed E-state index contributed by atoms with van der Waals surface area (Å²) < 4.78 is 18.8. The molecule has 2 aliphatic heterocycles. The third-order valence-electron chi connectivity index (χ3n) is 8.71. The number of nitrogens with one attached hydrogen (secondary N) is 1. The predicted molar refractivity (Wildman–Crippen MR) is 172 cm³/mol. The van der Waals surface area contributed by atoms with Gasteiger partial charge in [-0.15, -0.1) is 0 Å². The Kier molecular flexibility index (Phi) is 10.3. The van der Waals surface area contributed by atoms with E-state index in [1.807, 2.05) is 42.5 Å². The first-order valence-corrected chi connectivity index (χ1v) is 15.7. The van der Waals surface area contributed by atoms with Crippen molar-refractivity contribution in [3.63, 3.8) is 0 Å². The monoisotopic (exact) mass is 607 g/mol. The average molecular weight is 608 g/mol. The van der Waals surface area contributed by atoms with E-state index in [0.717, 1.165) is 65.9 Å². The molecule has 3 heterocycles. The molecule has 4 atom stereocenters. The molecule has 45 heavy (non-hydrogen) atoms. The molecule has 4 unspecified atom stereocenters. The Labute approximate surface area is 265 Å². The minimum Gasteiger partial charge on any atom is -0.392 e. The molecule has 8 nitrogen and oxygen atoms in total. The molecule has 0 spiro atoms. The molecule has 0 bridgehead atoms. The number of pyridine rings is 1. The molecule has 2 saturated heterocycles. The van der Waals surface area contributed by atoms with Crippen molar-refractivity contribution in [2.75, 3.05) is 26.8 Å². The molecule has 1 amide bonds. The quantitative estimate of drug-likeness (QED) is 0.222. The molecule has 0 saturated carbocycles. The van der Waals surface area contributed by atoms with Gasteiger partial charge in [-0.2, -0.15) is 0 Å². The first-order valence-electron chi connectivity index (χ1n) is 15.7. The van der Waals surface area contributed by atoms with Crippen molar-refractivity contribution in [3.05, 3.63) is 125 Å². The molecule has 1 aromatic heterocycles. The zero-order chi connectivity index (χ0) is 31.0. The minimum atomic E-state index is -0.531. The molecule has 0 radical (unpaired) electrons. The second-order valence-corrected chi connectivity index (χ2v) is 11.8. The number of benzene rings is 3. The van der Waals surface area contributed by atoms with Crippen molar-refractivity contribution in [1.29, 1.82) is 0 Å². The predicted octanol–water partition coefficient (Wildman–Crippen LogP) is 5.83. The maximum atomic E-state index is 12.5. The van der Waals surface area contributed by atoms with Crippen LogP contribution in [0.25, 0.3) is 11.1 Å². The zero-order valence-corrected chi connectivity index (χ0v) is 25.7. The fourth-order valence-electron chi connectivity index (χ4n) is 6.32. The molecule has 0 aliphatic carbocycles. The van der Waals surface area contributed by atoms with Crippen molar-refractivity contribution in [3.8, 4) is 11.1 Å². The summed E-state index contributed by atoms with van der Waals surface area (Å²) >= 11 is 0. The van der Waals surface area contributed by atoms with Gasteiger partial charge in [0.05, 0.1) is 31.0 Å². The van der Waals surface area contributed by atoms with Gasteiger partial charge in [0.25, 0.3) is 5.91 Å². The number of hydrogen-bond acceptors (Lipinski definition) is 7. The summed E-state index contributed by atoms with van der Waals surface area (Å²) in [5.74, 6) is -0.153. The molecule has 8 heteroatoms. The lowest BCUT2D eigenvalue weighted by Crippen LogP contribution is -2.42. The maximum Gasteiger partial charge on any atom is 0.253 e. The summed E-state index contributed by atoms with van der Waals surface area (Å²) in [7, 11) is 1.77. The van der Waals surface area contributed by atoms with Crippen molar-refractivity contribution in [2.45, 2.75) is 57.0 Å². The summed E-state index contributed by atoms with van der Waals surface area (Å²) in [6.07, 6.45) is 5.59. The molecule has 6 rings (SSSR count). The van der Waals surface area contributed by atoms with E-state index >= 15 is 0 Å². The lowest BCUT2D eigenvalue weighted by molar-refractivity contribution is -0.253. The maximum absolute atomic E-state index is 12.5. The smallest absolute Gasteiger partial charge is 0.253 e. The van der Waals surface area contributed by atoms with E-state index in [2.05, 4.69) is 45.5 Å². The van der Waals surface area contributed by atoms with Crippen molar-refractivity contribution in [2.24, 2.45) is 0 Å². The second kappa shape index (κ2) is 14.9. The van der Waals surface area contributed by atoms with E-state index in [9.17, 15) is 9.90 Å². The van der Waals surface area contributed by atoms with Gasteiger partial charge in [0, 0.05) is 50.6 Å². The Hall–Kier alpha value is -3.92. The Balaban J connectivity index is 1.20. The lowest BCUT2D eigenvalue weighted by Gasteiger charge is -2.39. The highest BCUT2D eigenvalue weighted by atomic mass is 16.7. The van der Waals surface area contributed by atoms with Gasteiger partial charge in [0.15, 0.2) is 6.29 Å². The third kappa shape index (κ3) is 7.84. The number of amides is 1. The Morgan fingerprint density at radius 3 is 2.58 bits per heavy atom. The van der Waals surface area contributed by atoms with Gasteiger partial charge in [-0.1, -0.05) is 60.7 Å². The highest BCUT2D eigenvalue weighted by molar-refractivity contribution is 5.93. The molecule has 3 aromatic carbocycles. The number of aliphatic hydroxyl groups is 1. The summed E-state index contributed by atoms with van der Waals surface area (Å²) in [6, 6.07) is 28.4. The first-order chi connectivity index (χ1) is 22.1. The molecular formula is C37H41N3O5. The minimum absolute atomic E-state index is 0.0147. The number of nitrogens with zero attached hydrogens (tertiary/aromatic N) is 2. The van der Waals surface area contributed by atoms with Gasteiger partial charge in [0.1, 0.15) is 0 Å². The molecule has 4 aromatic rings. The van der Waals surface area contributed by atoms with E-state index < -0.39 is 6.29 Å². The van der Waals surface area contributed by atoms with E-state index in [0.29, 0.717) is 18.2 Å². The van der Waals surface area contributed by atoms with E-state index in [-0.39, 0.29) is 24.7 Å². The lowest BCUT2D eigenvalue weighted by atomic mass is 9.98. The summed E-state index contributed by atoms with van der Waals surface area (Å²) in [5.41, 5.74) is 6.55. The number of ether oxygens (including phenoxy) is 3. The highest BCUT2D eigenvalue weighted by Crippen LogP contribution is 2.39. The van der Waals surface area contributed by atoms with Crippen molar-refractivity contribution in [1.82, 2.24) is 15.2 Å². The van der Waals surface area contributed by atoms with Gasteiger partial charge in [-0.3, -0.25) is 14.7 Å². The number of rotatable bonds is 11. The van der Waals surface area contributed by atoms with E-state index in [1.54, 1.807) is 31.6 Å². The summed E-state index contributed by atoms with van der Waals surface area (Å²) in [4.78, 5) is 19.1. The van der Waals surface area contributed by atoms with Crippen molar-refractivity contribution >= 4 is 5.91 Å². The molecule has 2 fully saturated rings. The largest absolute Gasteiger partial charge is 0.392 e. The van der Waals surface area contributed by atoms with Crippen LogP contribution in [-0.2, 0) is 27.4 Å². The van der Waals surface area contributed by atoms with Crippen LogP contribution in [0, 0.1) is 0 Å². The fourth-order valence-corrected chi connectivity index (χ4v) is 6.32. The number of aromatic nitrogens is 1. The van der Waals surface area contributed by atoms with E-state index in [1.165, 1.54) is 6.42 Å². The van der Waals surface area contributed by atoms with Crippen LogP contribution < -0.4 is 5.32 Å². The van der Waals surface area contributed by atoms with E-state index in [4.69, 9.17) is 14.2 Å². The first kappa shape index (κ1) is 31.1. The van der Waals surface area contributed by atoms with Gasteiger partial charge in [-0.05, 0) is 71.5 Å². The van der Waals surface area contributed by atoms with Crippen LogP contribution >= 0.6 is 0 Å². The number of aliphatic hydroxyl groups excluding tert-OH is 1. The van der Waals surface area contributed by atoms with Crippen LogP contribution in [-0.4, -0.2) is 59.8 Å². The number of hydrogen-bond donors (Lipinski definition) is 2. The Morgan fingerprint density at radius 2 is 1.80 bits per heavy atom.